The Morgan fingerprint density at radius 3 is 2.74 bits per heavy atom. The predicted molar refractivity (Wildman–Crippen MR) is 81.4 cm³/mol. The Kier molecular flexibility index (Phi) is 4.93. The van der Waals surface area contributed by atoms with E-state index in [4.69, 9.17) is 4.74 Å². The van der Waals surface area contributed by atoms with E-state index in [0.717, 1.165) is 27.4 Å². The highest BCUT2D eigenvalue weighted by Crippen LogP contribution is 2.23. The first-order valence-corrected chi connectivity index (χ1v) is 6.96. The van der Waals surface area contributed by atoms with E-state index in [2.05, 4.69) is 27.3 Å². The highest BCUT2D eigenvalue weighted by atomic mass is 79.9. The smallest absolute Gasteiger partial charge is 0.224 e. The standard InChI is InChI=1S/C15H16BrNO2/c1-19-8-2-3-15(18)17-14-7-5-11-9-13(16)6-4-12(11)10-14/h4-7,9-10H,2-3,8H2,1H3,(H,17,18). The van der Waals surface area contributed by atoms with E-state index >= 15 is 0 Å². The lowest BCUT2D eigenvalue weighted by atomic mass is 10.1. The molecule has 0 aliphatic rings. The molecule has 1 amide bonds. The highest BCUT2D eigenvalue weighted by molar-refractivity contribution is 9.10. The monoisotopic (exact) mass is 321 g/mol. The molecule has 4 heteroatoms. The second-order valence-corrected chi connectivity index (χ2v) is 5.27. The van der Waals surface area contributed by atoms with Crippen molar-refractivity contribution in [2.75, 3.05) is 19.0 Å². The molecule has 2 aromatic carbocycles. The molecule has 0 fully saturated rings. The maximum Gasteiger partial charge on any atom is 0.224 e. The Labute approximate surface area is 121 Å². The van der Waals surface area contributed by atoms with Crippen LogP contribution >= 0.6 is 15.9 Å². The van der Waals surface area contributed by atoms with Crippen molar-refractivity contribution in [3.05, 3.63) is 40.9 Å². The topological polar surface area (TPSA) is 38.3 Å². The fourth-order valence-corrected chi connectivity index (χ4v) is 2.27. The van der Waals surface area contributed by atoms with Crippen molar-refractivity contribution in [1.29, 1.82) is 0 Å². The van der Waals surface area contributed by atoms with Gasteiger partial charge < -0.3 is 10.1 Å². The number of benzene rings is 2. The Bertz CT molecular complexity index is 583. The predicted octanol–water partition coefficient (Wildman–Crippen LogP) is 3.97. The minimum atomic E-state index is 0.0218. The van der Waals surface area contributed by atoms with Crippen LogP contribution < -0.4 is 5.32 Å². The van der Waals surface area contributed by atoms with Gasteiger partial charge in [0.05, 0.1) is 0 Å². The van der Waals surface area contributed by atoms with Gasteiger partial charge in [-0.15, -0.1) is 0 Å². The van der Waals surface area contributed by atoms with E-state index in [1.54, 1.807) is 7.11 Å². The fraction of sp³-hybridized carbons (Fsp3) is 0.267. The first kappa shape index (κ1) is 14.0. The van der Waals surface area contributed by atoms with Crippen LogP contribution in [0.3, 0.4) is 0 Å². The maximum atomic E-state index is 11.7. The van der Waals surface area contributed by atoms with Crippen molar-refractivity contribution in [1.82, 2.24) is 0 Å². The van der Waals surface area contributed by atoms with Gasteiger partial charge in [0.1, 0.15) is 0 Å². The Hall–Kier alpha value is -1.39. The van der Waals surface area contributed by atoms with Crippen molar-refractivity contribution in [2.24, 2.45) is 0 Å². The number of methoxy groups -OCH3 is 1. The van der Waals surface area contributed by atoms with E-state index < -0.39 is 0 Å². The average molecular weight is 322 g/mol. The number of ether oxygens (including phenoxy) is 1. The van der Waals surface area contributed by atoms with Gasteiger partial charge in [-0.3, -0.25) is 4.79 Å². The van der Waals surface area contributed by atoms with Crippen molar-refractivity contribution in [2.45, 2.75) is 12.8 Å². The van der Waals surface area contributed by atoms with Crippen molar-refractivity contribution in [3.63, 3.8) is 0 Å². The largest absolute Gasteiger partial charge is 0.385 e. The first-order chi connectivity index (χ1) is 9.19. The average Bonchev–Trinajstić information content (AvgIpc) is 2.39. The number of rotatable bonds is 5. The molecular weight excluding hydrogens is 306 g/mol. The van der Waals surface area contributed by atoms with E-state index in [0.29, 0.717) is 13.0 Å². The molecule has 0 radical (unpaired) electrons. The summed E-state index contributed by atoms with van der Waals surface area (Å²) in [6, 6.07) is 12.0. The zero-order valence-corrected chi connectivity index (χ0v) is 12.4. The van der Waals surface area contributed by atoms with Crippen molar-refractivity contribution in [3.8, 4) is 0 Å². The molecule has 2 rings (SSSR count). The molecule has 1 N–H and O–H groups in total. The summed E-state index contributed by atoms with van der Waals surface area (Å²) in [6.45, 7) is 0.610. The molecule has 0 atom stereocenters. The normalized spacial score (nSPS) is 10.6. The van der Waals surface area contributed by atoms with E-state index in [9.17, 15) is 4.79 Å². The van der Waals surface area contributed by atoms with Gasteiger partial charge in [0.15, 0.2) is 0 Å². The molecule has 0 bridgehead atoms. The van der Waals surface area contributed by atoms with E-state index in [1.165, 1.54) is 0 Å². The molecule has 100 valence electrons. The summed E-state index contributed by atoms with van der Waals surface area (Å²) in [7, 11) is 1.64. The van der Waals surface area contributed by atoms with Gasteiger partial charge in [-0.2, -0.15) is 0 Å². The molecule has 3 nitrogen and oxygen atoms in total. The summed E-state index contributed by atoms with van der Waals surface area (Å²) in [5.74, 6) is 0.0218. The first-order valence-electron chi connectivity index (χ1n) is 6.17. The SMILES string of the molecule is COCCCC(=O)Nc1ccc2cc(Br)ccc2c1. The minimum Gasteiger partial charge on any atom is -0.385 e. The van der Waals surface area contributed by atoms with Crippen LogP contribution in [0.2, 0.25) is 0 Å². The molecule has 0 spiro atoms. The summed E-state index contributed by atoms with van der Waals surface area (Å²) in [5, 5.41) is 5.16. The second-order valence-electron chi connectivity index (χ2n) is 4.35. The summed E-state index contributed by atoms with van der Waals surface area (Å²) < 4.78 is 5.98. The fourth-order valence-electron chi connectivity index (χ4n) is 1.89. The van der Waals surface area contributed by atoms with Crippen LogP contribution in [-0.2, 0) is 9.53 Å². The molecular formula is C15H16BrNO2. The van der Waals surface area contributed by atoms with Gasteiger partial charge in [-0.1, -0.05) is 28.1 Å². The number of hydrogen-bond acceptors (Lipinski definition) is 2. The molecule has 0 unspecified atom stereocenters. The van der Waals surface area contributed by atoms with Crippen LogP contribution in [0.1, 0.15) is 12.8 Å². The highest BCUT2D eigenvalue weighted by Gasteiger charge is 2.03. The van der Waals surface area contributed by atoms with Crippen molar-refractivity contribution < 1.29 is 9.53 Å². The molecule has 0 aliphatic heterocycles. The third-order valence-corrected chi connectivity index (χ3v) is 3.33. The number of carbonyl (C=O) groups excluding carboxylic acids is 1. The molecule has 0 heterocycles. The lowest BCUT2D eigenvalue weighted by molar-refractivity contribution is -0.116. The van der Waals surface area contributed by atoms with Crippen LogP contribution in [0.5, 0.6) is 0 Å². The van der Waals surface area contributed by atoms with E-state index in [1.807, 2.05) is 30.3 Å². The number of fused-ring (bicyclic) bond motifs is 1. The maximum absolute atomic E-state index is 11.7. The number of anilines is 1. The van der Waals surface area contributed by atoms with Gasteiger partial charge in [0, 0.05) is 30.3 Å². The van der Waals surface area contributed by atoms with Crippen LogP contribution in [0.4, 0.5) is 5.69 Å². The number of halogens is 1. The Morgan fingerprint density at radius 2 is 1.95 bits per heavy atom. The van der Waals surface area contributed by atoms with Gasteiger partial charge in [-0.25, -0.2) is 0 Å². The molecule has 2 aromatic rings. The molecule has 0 saturated carbocycles. The van der Waals surface area contributed by atoms with Crippen LogP contribution in [0, 0.1) is 0 Å². The minimum absolute atomic E-state index is 0.0218. The number of hydrogen-bond donors (Lipinski definition) is 1. The molecule has 19 heavy (non-hydrogen) atoms. The van der Waals surface area contributed by atoms with Crippen LogP contribution in [0.15, 0.2) is 40.9 Å². The zero-order chi connectivity index (χ0) is 13.7. The van der Waals surface area contributed by atoms with Gasteiger partial charge >= 0.3 is 0 Å². The lowest BCUT2D eigenvalue weighted by Crippen LogP contribution is -2.11. The van der Waals surface area contributed by atoms with Gasteiger partial charge in [-0.05, 0) is 41.5 Å². The second kappa shape index (κ2) is 6.68. The molecule has 0 saturated heterocycles. The zero-order valence-electron chi connectivity index (χ0n) is 10.8. The number of nitrogens with one attached hydrogen (secondary N) is 1. The Morgan fingerprint density at radius 1 is 1.21 bits per heavy atom. The van der Waals surface area contributed by atoms with Crippen LogP contribution in [-0.4, -0.2) is 19.6 Å². The molecule has 0 aromatic heterocycles. The molecule has 0 aliphatic carbocycles. The van der Waals surface area contributed by atoms with Gasteiger partial charge in [0.25, 0.3) is 0 Å². The van der Waals surface area contributed by atoms with Crippen LogP contribution in [0.25, 0.3) is 10.8 Å². The quantitative estimate of drug-likeness (QED) is 0.846. The van der Waals surface area contributed by atoms with Crippen molar-refractivity contribution >= 4 is 38.3 Å². The Balaban J connectivity index is 2.05. The number of carbonyl (C=O) groups is 1. The third kappa shape index (κ3) is 4.04. The summed E-state index contributed by atoms with van der Waals surface area (Å²) in [5.41, 5.74) is 0.831. The lowest BCUT2D eigenvalue weighted by Gasteiger charge is -2.07. The third-order valence-electron chi connectivity index (χ3n) is 2.84. The summed E-state index contributed by atoms with van der Waals surface area (Å²) in [6.07, 6.45) is 1.22. The summed E-state index contributed by atoms with van der Waals surface area (Å²) in [4.78, 5) is 11.7. The van der Waals surface area contributed by atoms with Gasteiger partial charge in [0.2, 0.25) is 5.91 Å². The van der Waals surface area contributed by atoms with E-state index in [-0.39, 0.29) is 5.91 Å². The summed E-state index contributed by atoms with van der Waals surface area (Å²) >= 11 is 3.44. The number of amides is 1.